The minimum atomic E-state index is -0.181. The van der Waals surface area contributed by atoms with E-state index >= 15 is 0 Å². The fraction of sp³-hybridized carbons (Fsp3) is 1.00. The predicted molar refractivity (Wildman–Crippen MR) is 67.4 cm³/mol. The fourth-order valence-electron chi connectivity index (χ4n) is 2.73. The Labute approximate surface area is 100 Å². The second kappa shape index (κ2) is 8.08. The molecule has 1 fully saturated rings. The first-order chi connectivity index (χ1) is 7.83. The van der Waals surface area contributed by atoms with Gasteiger partial charge in [-0.2, -0.15) is 0 Å². The third-order valence-corrected chi connectivity index (χ3v) is 4.09. The zero-order chi connectivity index (χ0) is 11.7. The SMILES string of the molecule is OCC1(CO)CCCCCCCCCCC1. The first-order valence-electron chi connectivity index (χ1n) is 7.05. The molecule has 0 saturated heterocycles. The van der Waals surface area contributed by atoms with Gasteiger partial charge in [0, 0.05) is 5.41 Å². The van der Waals surface area contributed by atoms with Gasteiger partial charge in [-0.05, 0) is 12.8 Å². The Morgan fingerprint density at radius 1 is 0.562 bits per heavy atom. The van der Waals surface area contributed by atoms with Gasteiger partial charge in [-0.3, -0.25) is 0 Å². The summed E-state index contributed by atoms with van der Waals surface area (Å²) in [6.07, 6.45) is 13.6. The molecule has 2 N–H and O–H groups in total. The molecule has 0 atom stereocenters. The highest BCUT2D eigenvalue weighted by molar-refractivity contribution is 4.78. The molecule has 0 bridgehead atoms. The van der Waals surface area contributed by atoms with Crippen LogP contribution < -0.4 is 0 Å². The van der Waals surface area contributed by atoms with Gasteiger partial charge in [0.05, 0.1) is 13.2 Å². The lowest BCUT2D eigenvalue weighted by Crippen LogP contribution is -2.30. The van der Waals surface area contributed by atoms with E-state index < -0.39 is 0 Å². The number of rotatable bonds is 2. The number of aliphatic hydroxyl groups excluding tert-OH is 2. The summed E-state index contributed by atoms with van der Waals surface area (Å²) in [5, 5.41) is 19.0. The van der Waals surface area contributed by atoms with Crippen molar-refractivity contribution in [3.05, 3.63) is 0 Å². The molecule has 1 aliphatic carbocycles. The van der Waals surface area contributed by atoms with E-state index in [9.17, 15) is 10.2 Å². The van der Waals surface area contributed by atoms with Gasteiger partial charge in [0.1, 0.15) is 0 Å². The third kappa shape index (κ3) is 4.84. The summed E-state index contributed by atoms with van der Waals surface area (Å²) in [6, 6.07) is 0. The Morgan fingerprint density at radius 3 is 1.19 bits per heavy atom. The van der Waals surface area contributed by atoms with Crippen LogP contribution in [0.1, 0.15) is 70.6 Å². The van der Waals surface area contributed by atoms with Gasteiger partial charge in [-0.15, -0.1) is 0 Å². The maximum Gasteiger partial charge on any atom is 0.0509 e. The Morgan fingerprint density at radius 2 is 0.875 bits per heavy atom. The highest BCUT2D eigenvalue weighted by Gasteiger charge is 2.27. The highest BCUT2D eigenvalue weighted by atomic mass is 16.3. The second-order valence-corrected chi connectivity index (χ2v) is 5.50. The van der Waals surface area contributed by atoms with E-state index in [1.54, 1.807) is 0 Å². The van der Waals surface area contributed by atoms with E-state index in [0.717, 1.165) is 12.8 Å². The van der Waals surface area contributed by atoms with E-state index in [2.05, 4.69) is 0 Å². The molecule has 0 heterocycles. The summed E-state index contributed by atoms with van der Waals surface area (Å²) in [5.41, 5.74) is -0.181. The van der Waals surface area contributed by atoms with Crippen molar-refractivity contribution in [3.63, 3.8) is 0 Å². The second-order valence-electron chi connectivity index (χ2n) is 5.50. The largest absolute Gasteiger partial charge is 0.396 e. The number of aliphatic hydroxyl groups is 2. The number of hydrogen-bond acceptors (Lipinski definition) is 2. The van der Waals surface area contributed by atoms with Crippen molar-refractivity contribution in [1.82, 2.24) is 0 Å². The van der Waals surface area contributed by atoms with E-state index in [4.69, 9.17) is 0 Å². The van der Waals surface area contributed by atoms with Crippen LogP contribution in [0, 0.1) is 5.41 Å². The summed E-state index contributed by atoms with van der Waals surface area (Å²) in [5.74, 6) is 0. The molecule has 2 nitrogen and oxygen atoms in total. The first kappa shape index (κ1) is 14.0. The third-order valence-electron chi connectivity index (χ3n) is 4.09. The van der Waals surface area contributed by atoms with Crippen molar-refractivity contribution in [2.75, 3.05) is 13.2 Å². The Balaban J connectivity index is 2.41. The predicted octanol–water partition coefficient (Wildman–Crippen LogP) is 3.26. The Bertz CT molecular complexity index is 150. The monoisotopic (exact) mass is 228 g/mol. The lowest BCUT2D eigenvalue weighted by Gasteiger charge is -2.30. The number of hydrogen-bond donors (Lipinski definition) is 2. The minimum absolute atomic E-state index is 0.156. The van der Waals surface area contributed by atoms with Crippen molar-refractivity contribution in [2.45, 2.75) is 70.6 Å². The smallest absolute Gasteiger partial charge is 0.0509 e. The summed E-state index contributed by atoms with van der Waals surface area (Å²) < 4.78 is 0. The molecule has 0 aromatic heterocycles. The average molecular weight is 228 g/mol. The lowest BCUT2D eigenvalue weighted by molar-refractivity contribution is 0.0351. The summed E-state index contributed by atoms with van der Waals surface area (Å²) in [6.45, 7) is 0.312. The van der Waals surface area contributed by atoms with Crippen LogP contribution in [0.25, 0.3) is 0 Å². The van der Waals surface area contributed by atoms with E-state index in [0.29, 0.717) is 0 Å². The van der Waals surface area contributed by atoms with Crippen molar-refractivity contribution < 1.29 is 10.2 Å². The maximum absolute atomic E-state index is 9.49. The van der Waals surface area contributed by atoms with Crippen molar-refractivity contribution in [2.24, 2.45) is 5.41 Å². The van der Waals surface area contributed by atoms with Gasteiger partial charge in [0.25, 0.3) is 0 Å². The van der Waals surface area contributed by atoms with Gasteiger partial charge >= 0.3 is 0 Å². The van der Waals surface area contributed by atoms with Crippen LogP contribution in [0.15, 0.2) is 0 Å². The van der Waals surface area contributed by atoms with Crippen LogP contribution in [0.2, 0.25) is 0 Å². The molecule has 0 unspecified atom stereocenters. The summed E-state index contributed by atoms with van der Waals surface area (Å²) in [7, 11) is 0. The van der Waals surface area contributed by atoms with Crippen LogP contribution in [-0.2, 0) is 0 Å². The molecular formula is C14H28O2. The van der Waals surface area contributed by atoms with E-state index in [1.807, 2.05) is 0 Å². The molecular weight excluding hydrogens is 200 g/mol. The van der Waals surface area contributed by atoms with Crippen molar-refractivity contribution in [1.29, 1.82) is 0 Å². The molecule has 0 aromatic carbocycles. The fourth-order valence-corrected chi connectivity index (χ4v) is 2.73. The van der Waals surface area contributed by atoms with E-state index in [1.165, 1.54) is 57.8 Å². The maximum atomic E-state index is 9.49. The Kier molecular flexibility index (Phi) is 7.06. The van der Waals surface area contributed by atoms with Crippen LogP contribution in [-0.4, -0.2) is 23.4 Å². The average Bonchev–Trinajstić information content (AvgIpc) is 2.31. The van der Waals surface area contributed by atoms with Gasteiger partial charge < -0.3 is 10.2 Å². The lowest BCUT2D eigenvalue weighted by atomic mass is 9.79. The van der Waals surface area contributed by atoms with Gasteiger partial charge in [-0.25, -0.2) is 0 Å². The Hall–Kier alpha value is -0.0800. The highest BCUT2D eigenvalue weighted by Crippen LogP contribution is 2.31. The van der Waals surface area contributed by atoms with Crippen LogP contribution in [0.3, 0.4) is 0 Å². The van der Waals surface area contributed by atoms with Crippen LogP contribution in [0.4, 0.5) is 0 Å². The molecule has 1 aliphatic rings. The zero-order valence-electron chi connectivity index (χ0n) is 10.6. The molecule has 1 saturated carbocycles. The van der Waals surface area contributed by atoms with E-state index in [-0.39, 0.29) is 18.6 Å². The summed E-state index contributed by atoms with van der Waals surface area (Å²) in [4.78, 5) is 0. The molecule has 16 heavy (non-hydrogen) atoms. The van der Waals surface area contributed by atoms with Crippen LogP contribution in [0.5, 0.6) is 0 Å². The van der Waals surface area contributed by atoms with Gasteiger partial charge in [0.2, 0.25) is 0 Å². The van der Waals surface area contributed by atoms with Crippen molar-refractivity contribution >= 4 is 0 Å². The molecule has 0 spiro atoms. The molecule has 0 amide bonds. The quantitative estimate of drug-likeness (QED) is 0.761. The molecule has 0 radical (unpaired) electrons. The molecule has 96 valence electrons. The molecule has 1 rings (SSSR count). The van der Waals surface area contributed by atoms with Crippen molar-refractivity contribution in [3.8, 4) is 0 Å². The summed E-state index contributed by atoms with van der Waals surface area (Å²) >= 11 is 0. The minimum Gasteiger partial charge on any atom is -0.396 e. The molecule has 2 heteroatoms. The molecule has 0 aromatic rings. The topological polar surface area (TPSA) is 40.5 Å². The van der Waals surface area contributed by atoms with Gasteiger partial charge in [-0.1, -0.05) is 57.8 Å². The molecule has 0 aliphatic heterocycles. The van der Waals surface area contributed by atoms with Gasteiger partial charge in [0.15, 0.2) is 0 Å². The van der Waals surface area contributed by atoms with Crippen LogP contribution >= 0.6 is 0 Å². The standard InChI is InChI=1S/C14H28O2/c15-12-14(13-16)10-8-6-4-2-1-3-5-7-9-11-14/h15-16H,1-13H2. The normalized spacial score (nSPS) is 24.4. The first-order valence-corrected chi connectivity index (χ1v) is 7.05. The zero-order valence-corrected chi connectivity index (χ0v) is 10.6.